The molecule has 3 nitrogen and oxygen atoms in total. The number of hydrogen-bond donors (Lipinski definition) is 1. The summed E-state index contributed by atoms with van der Waals surface area (Å²) in [4.78, 5) is 7.73. The molecule has 0 atom stereocenters. The van der Waals surface area contributed by atoms with Gasteiger partial charge < -0.3 is 5.32 Å². The maximum Gasteiger partial charge on any atom is 0.451 e. The van der Waals surface area contributed by atoms with Crippen molar-refractivity contribution < 1.29 is 13.2 Å². The van der Waals surface area contributed by atoms with Crippen LogP contribution in [0.15, 0.2) is 40.3 Å². The summed E-state index contributed by atoms with van der Waals surface area (Å²) in [6.07, 6.45) is -4.59. The molecule has 0 aliphatic carbocycles. The molecule has 1 N–H and O–H groups in total. The van der Waals surface area contributed by atoms with Gasteiger partial charge in [-0.05, 0) is 25.1 Å². The Morgan fingerprint density at radius 3 is 2.62 bits per heavy atom. The van der Waals surface area contributed by atoms with Crippen LogP contribution in [0.1, 0.15) is 12.7 Å². The topological polar surface area (TPSA) is 37.8 Å². The molecular weight excluding hydrogens is 323 g/mol. The van der Waals surface area contributed by atoms with Gasteiger partial charge in [0.05, 0.1) is 0 Å². The van der Waals surface area contributed by atoms with Crippen LogP contribution in [0.5, 0.6) is 0 Å². The molecule has 0 aliphatic heterocycles. The summed E-state index contributed by atoms with van der Waals surface area (Å²) in [5, 5.41) is 3.48. The molecular formula is C13H11ClF3N3S. The van der Waals surface area contributed by atoms with Gasteiger partial charge in [-0.1, -0.05) is 29.4 Å². The molecule has 0 unspecified atom stereocenters. The highest BCUT2D eigenvalue weighted by Gasteiger charge is 2.35. The van der Waals surface area contributed by atoms with Crippen molar-refractivity contribution in [3.63, 3.8) is 0 Å². The van der Waals surface area contributed by atoms with E-state index in [2.05, 4.69) is 15.3 Å². The highest BCUT2D eigenvalue weighted by molar-refractivity contribution is 7.99. The summed E-state index contributed by atoms with van der Waals surface area (Å²) in [6, 6.07) is 8.30. The Labute approximate surface area is 128 Å². The lowest BCUT2D eigenvalue weighted by Crippen LogP contribution is -2.13. The highest BCUT2D eigenvalue weighted by atomic mass is 35.5. The largest absolute Gasteiger partial charge is 0.451 e. The van der Waals surface area contributed by atoms with Crippen LogP contribution >= 0.6 is 23.4 Å². The Bertz CT molecular complexity index is 634. The first kappa shape index (κ1) is 15.9. The number of benzene rings is 1. The summed E-state index contributed by atoms with van der Waals surface area (Å²) in [5.41, 5.74) is 0. The number of anilines is 1. The molecule has 2 rings (SSSR count). The number of halogens is 4. The summed E-state index contributed by atoms with van der Waals surface area (Å²) in [6.45, 7) is 2.24. The van der Waals surface area contributed by atoms with E-state index in [4.69, 9.17) is 11.6 Å². The van der Waals surface area contributed by atoms with Crippen LogP contribution in [-0.2, 0) is 6.18 Å². The normalized spacial score (nSPS) is 11.5. The van der Waals surface area contributed by atoms with E-state index < -0.39 is 12.0 Å². The zero-order chi connectivity index (χ0) is 15.5. The maximum atomic E-state index is 12.8. The van der Waals surface area contributed by atoms with Crippen LogP contribution in [0, 0.1) is 0 Å². The molecule has 8 heteroatoms. The van der Waals surface area contributed by atoms with E-state index in [-0.39, 0.29) is 10.8 Å². The van der Waals surface area contributed by atoms with E-state index in [1.807, 2.05) is 0 Å². The van der Waals surface area contributed by atoms with Gasteiger partial charge in [0.15, 0.2) is 0 Å². The summed E-state index contributed by atoms with van der Waals surface area (Å²) in [5.74, 6) is -1.02. The molecule has 112 valence electrons. The smallest absolute Gasteiger partial charge is 0.370 e. The third-order valence-electron chi connectivity index (χ3n) is 2.33. The van der Waals surface area contributed by atoms with Gasteiger partial charge in [0, 0.05) is 22.5 Å². The number of hydrogen-bond acceptors (Lipinski definition) is 4. The minimum Gasteiger partial charge on any atom is -0.370 e. The van der Waals surface area contributed by atoms with Crippen LogP contribution in [0.25, 0.3) is 0 Å². The van der Waals surface area contributed by atoms with Crippen molar-refractivity contribution in [1.29, 1.82) is 0 Å². The van der Waals surface area contributed by atoms with Gasteiger partial charge in [0.25, 0.3) is 0 Å². The third-order valence-corrected chi connectivity index (χ3v) is 3.48. The molecule has 0 amide bonds. The summed E-state index contributed by atoms with van der Waals surface area (Å²) in [7, 11) is 0. The van der Waals surface area contributed by atoms with Crippen molar-refractivity contribution in [2.75, 3.05) is 11.9 Å². The third kappa shape index (κ3) is 4.50. The fourth-order valence-corrected chi connectivity index (χ4v) is 2.66. The van der Waals surface area contributed by atoms with Crippen molar-refractivity contribution in [3.05, 3.63) is 41.2 Å². The summed E-state index contributed by atoms with van der Waals surface area (Å²) < 4.78 is 38.4. The molecule has 2 aromatic rings. The molecule has 0 spiro atoms. The van der Waals surface area contributed by atoms with E-state index in [1.54, 1.807) is 31.2 Å². The molecule has 0 saturated carbocycles. The van der Waals surface area contributed by atoms with Crippen LogP contribution in [-0.4, -0.2) is 16.5 Å². The number of nitrogens with one attached hydrogen (secondary N) is 1. The number of alkyl halides is 3. The second-order valence-electron chi connectivity index (χ2n) is 4.00. The van der Waals surface area contributed by atoms with Crippen molar-refractivity contribution in [2.45, 2.75) is 23.0 Å². The van der Waals surface area contributed by atoms with Gasteiger partial charge in [0.1, 0.15) is 10.8 Å². The molecule has 1 heterocycles. The van der Waals surface area contributed by atoms with E-state index in [0.29, 0.717) is 16.5 Å². The fraction of sp³-hybridized carbons (Fsp3) is 0.231. The quantitative estimate of drug-likeness (QED) is 0.821. The van der Waals surface area contributed by atoms with Crippen LogP contribution in [0.2, 0.25) is 5.02 Å². The van der Waals surface area contributed by atoms with Crippen LogP contribution < -0.4 is 5.32 Å². The van der Waals surface area contributed by atoms with Gasteiger partial charge in [-0.2, -0.15) is 13.2 Å². The minimum atomic E-state index is -4.59. The molecule has 0 fully saturated rings. The zero-order valence-electron chi connectivity index (χ0n) is 10.9. The molecule has 1 aromatic carbocycles. The van der Waals surface area contributed by atoms with Crippen molar-refractivity contribution in [3.8, 4) is 0 Å². The van der Waals surface area contributed by atoms with Crippen LogP contribution in [0.3, 0.4) is 0 Å². The predicted octanol–water partition coefficient (Wildman–Crippen LogP) is 4.73. The Hall–Kier alpha value is -1.47. The van der Waals surface area contributed by atoms with Gasteiger partial charge in [-0.3, -0.25) is 0 Å². The van der Waals surface area contributed by atoms with E-state index >= 15 is 0 Å². The van der Waals surface area contributed by atoms with Gasteiger partial charge in [-0.15, -0.1) is 0 Å². The predicted molar refractivity (Wildman–Crippen MR) is 76.8 cm³/mol. The average molecular weight is 334 g/mol. The first-order valence-electron chi connectivity index (χ1n) is 6.02. The maximum absolute atomic E-state index is 12.8. The van der Waals surface area contributed by atoms with Gasteiger partial charge in [0.2, 0.25) is 5.82 Å². The molecule has 1 aromatic heterocycles. The highest BCUT2D eigenvalue weighted by Crippen LogP contribution is 2.33. The standard InChI is InChI=1S/C13H11ClF3N3S/c1-2-18-10-7-11(20-12(19-10)13(15,16)17)21-9-5-3-4-8(14)6-9/h3-7H,2H2,1H3,(H,18,19,20). The van der Waals surface area contributed by atoms with Gasteiger partial charge in [-0.25, -0.2) is 9.97 Å². The second kappa shape index (κ2) is 6.53. The lowest BCUT2D eigenvalue weighted by Gasteiger charge is -2.10. The van der Waals surface area contributed by atoms with Gasteiger partial charge >= 0.3 is 6.18 Å². The van der Waals surface area contributed by atoms with Crippen molar-refractivity contribution in [1.82, 2.24) is 9.97 Å². The lowest BCUT2D eigenvalue weighted by atomic mass is 10.4. The Kier molecular flexibility index (Phi) is 4.95. The Balaban J connectivity index is 2.35. The second-order valence-corrected chi connectivity index (χ2v) is 5.53. The number of nitrogens with zero attached hydrogens (tertiary/aromatic N) is 2. The minimum absolute atomic E-state index is 0.143. The van der Waals surface area contributed by atoms with Crippen molar-refractivity contribution >= 4 is 29.2 Å². The SMILES string of the molecule is CCNc1cc(Sc2cccc(Cl)c2)nc(C(F)(F)F)n1. The molecule has 21 heavy (non-hydrogen) atoms. The van der Waals surface area contributed by atoms with Crippen LogP contribution in [0.4, 0.5) is 19.0 Å². The van der Waals surface area contributed by atoms with E-state index in [9.17, 15) is 13.2 Å². The molecule has 0 saturated heterocycles. The first-order chi connectivity index (χ1) is 9.88. The lowest BCUT2D eigenvalue weighted by molar-refractivity contribution is -0.145. The molecule has 0 radical (unpaired) electrons. The fourth-order valence-electron chi connectivity index (χ4n) is 1.53. The first-order valence-corrected chi connectivity index (χ1v) is 7.21. The number of rotatable bonds is 4. The molecule has 0 aliphatic rings. The number of aromatic nitrogens is 2. The van der Waals surface area contributed by atoms with E-state index in [1.165, 1.54) is 6.07 Å². The monoisotopic (exact) mass is 333 g/mol. The molecule has 0 bridgehead atoms. The average Bonchev–Trinajstić information content (AvgIpc) is 2.37. The summed E-state index contributed by atoms with van der Waals surface area (Å²) >= 11 is 6.95. The van der Waals surface area contributed by atoms with E-state index in [0.717, 1.165) is 11.8 Å². The Morgan fingerprint density at radius 1 is 1.24 bits per heavy atom. The van der Waals surface area contributed by atoms with Crippen molar-refractivity contribution in [2.24, 2.45) is 0 Å². The zero-order valence-corrected chi connectivity index (χ0v) is 12.5. The Morgan fingerprint density at radius 2 is 2.00 bits per heavy atom.